The van der Waals surface area contributed by atoms with Crippen molar-refractivity contribution in [1.82, 2.24) is 19.4 Å². The van der Waals surface area contributed by atoms with E-state index in [1.165, 1.54) is 0 Å². The van der Waals surface area contributed by atoms with Crippen molar-refractivity contribution in [2.24, 2.45) is 18.7 Å². The Morgan fingerprint density at radius 1 is 1.25 bits per heavy atom. The van der Waals surface area contributed by atoms with Crippen molar-refractivity contribution in [3.05, 3.63) is 18.2 Å². The Morgan fingerprint density at radius 2 is 2.00 bits per heavy atom. The molecule has 1 aromatic heterocycles. The number of carbonyl (C=O) groups excluding carboxylic acids is 2. The van der Waals surface area contributed by atoms with Crippen LogP contribution in [-0.2, 0) is 16.6 Å². The lowest BCUT2D eigenvalue weighted by Gasteiger charge is -2.37. The minimum atomic E-state index is -0.320. The molecule has 2 saturated heterocycles. The Morgan fingerprint density at radius 3 is 2.62 bits per heavy atom. The van der Waals surface area contributed by atoms with Crippen LogP contribution in [-0.4, -0.2) is 63.9 Å². The number of likely N-dealkylation sites (tertiary alicyclic amines) is 2. The zero-order valence-electron chi connectivity index (χ0n) is 14.4. The zero-order valence-corrected chi connectivity index (χ0v) is 14.4. The third-order valence-corrected chi connectivity index (χ3v) is 5.26. The summed E-state index contributed by atoms with van der Waals surface area (Å²) in [6.45, 7) is 3.35. The molecule has 0 spiro atoms. The molecule has 2 aliphatic rings. The van der Waals surface area contributed by atoms with E-state index < -0.39 is 0 Å². The first kappa shape index (κ1) is 17.0. The summed E-state index contributed by atoms with van der Waals surface area (Å²) in [5.41, 5.74) is 5.28. The minimum Gasteiger partial charge on any atom is -0.369 e. The van der Waals surface area contributed by atoms with E-state index in [0.29, 0.717) is 12.5 Å². The fourth-order valence-corrected chi connectivity index (χ4v) is 4.01. The summed E-state index contributed by atoms with van der Waals surface area (Å²) < 4.78 is 2.07. The fourth-order valence-electron chi connectivity index (χ4n) is 4.01. The normalized spacial score (nSPS) is 23.4. The quantitative estimate of drug-likeness (QED) is 0.860. The summed E-state index contributed by atoms with van der Waals surface area (Å²) in [4.78, 5) is 32.4. The number of nitrogens with zero attached hydrogens (tertiary/aromatic N) is 4. The second-order valence-corrected chi connectivity index (χ2v) is 7.04. The van der Waals surface area contributed by atoms with Gasteiger partial charge < -0.3 is 15.2 Å². The summed E-state index contributed by atoms with van der Waals surface area (Å²) in [6.07, 6.45) is 7.61. The minimum absolute atomic E-state index is 0.00260. The predicted molar refractivity (Wildman–Crippen MR) is 90.1 cm³/mol. The van der Waals surface area contributed by atoms with E-state index >= 15 is 0 Å². The number of piperidine rings is 2. The Bertz CT molecular complexity index is 592. The molecule has 1 atom stereocenters. The molecule has 0 aromatic carbocycles. The van der Waals surface area contributed by atoms with Crippen molar-refractivity contribution in [3.63, 3.8) is 0 Å². The number of carbonyl (C=O) groups is 2. The van der Waals surface area contributed by atoms with Gasteiger partial charge in [-0.05, 0) is 32.2 Å². The zero-order chi connectivity index (χ0) is 17.1. The molecule has 1 unspecified atom stereocenters. The lowest BCUT2D eigenvalue weighted by molar-refractivity contribution is -0.139. The van der Waals surface area contributed by atoms with Gasteiger partial charge >= 0.3 is 0 Å². The molecule has 1 aromatic rings. The molecule has 3 heterocycles. The third kappa shape index (κ3) is 3.77. The maximum atomic E-state index is 12.8. The highest BCUT2D eigenvalue weighted by molar-refractivity contribution is 5.80. The highest BCUT2D eigenvalue weighted by Crippen LogP contribution is 2.28. The molecule has 7 heteroatoms. The lowest BCUT2D eigenvalue weighted by atomic mass is 9.92. The van der Waals surface area contributed by atoms with Gasteiger partial charge in [-0.25, -0.2) is 4.98 Å². The van der Waals surface area contributed by atoms with Gasteiger partial charge in [-0.3, -0.25) is 14.5 Å². The second kappa shape index (κ2) is 7.34. The summed E-state index contributed by atoms with van der Waals surface area (Å²) in [6, 6.07) is 0. The van der Waals surface area contributed by atoms with Crippen molar-refractivity contribution in [3.8, 4) is 0 Å². The smallest absolute Gasteiger partial charge is 0.231 e. The monoisotopic (exact) mass is 333 g/mol. The van der Waals surface area contributed by atoms with E-state index in [9.17, 15) is 9.59 Å². The lowest BCUT2D eigenvalue weighted by Crippen LogP contribution is -2.48. The average molecular weight is 333 g/mol. The van der Waals surface area contributed by atoms with Crippen LogP contribution in [0.5, 0.6) is 0 Å². The van der Waals surface area contributed by atoms with E-state index in [1.54, 1.807) is 0 Å². The maximum Gasteiger partial charge on any atom is 0.231 e. The second-order valence-electron chi connectivity index (χ2n) is 7.04. The molecule has 0 bridgehead atoms. The highest BCUT2D eigenvalue weighted by atomic mass is 16.2. The van der Waals surface area contributed by atoms with Gasteiger partial charge in [-0.1, -0.05) is 0 Å². The largest absolute Gasteiger partial charge is 0.369 e. The van der Waals surface area contributed by atoms with E-state index in [1.807, 2.05) is 29.2 Å². The molecule has 132 valence electrons. The maximum absolute atomic E-state index is 12.8. The molecule has 24 heavy (non-hydrogen) atoms. The van der Waals surface area contributed by atoms with Crippen LogP contribution >= 0.6 is 0 Å². The first-order valence-corrected chi connectivity index (χ1v) is 8.81. The van der Waals surface area contributed by atoms with Crippen LogP contribution in [0.1, 0.15) is 37.4 Å². The summed E-state index contributed by atoms with van der Waals surface area (Å²) in [5.74, 6) is 1.48. The fraction of sp³-hybridized carbons (Fsp3) is 0.706. The number of rotatable bonds is 4. The molecule has 0 radical (unpaired) electrons. The van der Waals surface area contributed by atoms with E-state index in [0.717, 1.165) is 51.1 Å². The number of imidazole rings is 1. The van der Waals surface area contributed by atoms with Gasteiger partial charge in [0.05, 0.1) is 12.5 Å². The van der Waals surface area contributed by atoms with Crippen molar-refractivity contribution < 1.29 is 9.59 Å². The summed E-state index contributed by atoms with van der Waals surface area (Å²) in [5, 5.41) is 0. The molecule has 0 aliphatic carbocycles. The number of aryl methyl sites for hydroxylation is 1. The average Bonchev–Trinajstić information content (AvgIpc) is 3.00. The Balaban J connectivity index is 1.53. The number of nitrogens with two attached hydrogens (primary N) is 1. The van der Waals surface area contributed by atoms with Crippen molar-refractivity contribution in [2.75, 3.05) is 32.7 Å². The molecule has 7 nitrogen and oxygen atoms in total. The number of aromatic nitrogens is 2. The van der Waals surface area contributed by atoms with Gasteiger partial charge in [-0.15, -0.1) is 0 Å². The van der Waals surface area contributed by atoms with Gasteiger partial charge in [0.25, 0.3) is 0 Å². The van der Waals surface area contributed by atoms with Crippen molar-refractivity contribution in [2.45, 2.75) is 31.6 Å². The van der Waals surface area contributed by atoms with E-state index in [4.69, 9.17) is 5.73 Å². The molecule has 2 N–H and O–H groups in total. The van der Waals surface area contributed by atoms with Crippen LogP contribution < -0.4 is 5.73 Å². The molecule has 3 rings (SSSR count). The SMILES string of the molecule is Cn1ccnc1C1CCN(C(=O)C2CCCN(CC(N)=O)C2)CC1. The first-order valence-electron chi connectivity index (χ1n) is 8.81. The number of amides is 2. The van der Waals surface area contributed by atoms with Crippen LogP contribution in [0.2, 0.25) is 0 Å². The van der Waals surface area contributed by atoms with E-state index in [-0.39, 0.29) is 24.3 Å². The topological polar surface area (TPSA) is 84.5 Å². The van der Waals surface area contributed by atoms with Gasteiger partial charge in [0.1, 0.15) is 5.82 Å². The van der Waals surface area contributed by atoms with Gasteiger partial charge in [0, 0.05) is 45.0 Å². The molecular formula is C17H27N5O2. The van der Waals surface area contributed by atoms with E-state index in [2.05, 4.69) is 9.55 Å². The number of hydrogen-bond donors (Lipinski definition) is 1. The van der Waals surface area contributed by atoms with Crippen molar-refractivity contribution in [1.29, 1.82) is 0 Å². The number of primary amides is 1. The van der Waals surface area contributed by atoms with Crippen LogP contribution in [0.4, 0.5) is 0 Å². The molecule has 2 fully saturated rings. The summed E-state index contributed by atoms with van der Waals surface area (Å²) in [7, 11) is 2.02. The third-order valence-electron chi connectivity index (χ3n) is 5.26. The van der Waals surface area contributed by atoms with Gasteiger partial charge in [0.15, 0.2) is 0 Å². The standard InChI is InChI=1S/C17H27N5O2/c1-20-10-6-19-16(20)13-4-8-22(9-5-13)17(24)14-3-2-7-21(11-14)12-15(18)23/h6,10,13-14H,2-5,7-9,11-12H2,1H3,(H2,18,23). The van der Waals surface area contributed by atoms with Gasteiger partial charge in [-0.2, -0.15) is 0 Å². The molecule has 2 aliphatic heterocycles. The van der Waals surface area contributed by atoms with Crippen LogP contribution in [0, 0.1) is 5.92 Å². The summed E-state index contributed by atoms with van der Waals surface area (Å²) >= 11 is 0. The Hall–Kier alpha value is -1.89. The molecule has 0 saturated carbocycles. The van der Waals surface area contributed by atoms with Crippen LogP contribution in [0.25, 0.3) is 0 Å². The molecule has 2 amide bonds. The number of hydrogen-bond acceptors (Lipinski definition) is 4. The predicted octanol–water partition coefficient (Wildman–Crippen LogP) is 0.323. The Labute approximate surface area is 142 Å². The van der Waals surface area contributed by atoms with Crippen LogP contribution in [0.3, 0.4) is 0 Å². The Kier molecular flexibility index (Phi) is 5.18. The highest BCUT2D eigenvalue weighted by Gasteiger charge is 2.32. The van der Waals surface area contributed by atoms with Crippen molar-refractivity contribution >= 4 is 11.8 Å². The first-order chi connectivity index (χ1) is 11.5. The van der Waals surface area contributed by atoms with Crippen LogP contribution in [0.15, 0.2) is 12.4 Å². The van der Waals surface area contributed by atoms with Gasteiger partial charge in [0.2, 0.25) is 11.8 Å². The molecular weight excluding hydrogens is 306 g/mol.